The number of carboxylic acids is 1. The summed E-state index contributed by atoms with van der Waals surface area (Å²) in [4.78, 5) is 10.2. The average molecular weight is 302 g/mol. The van der Waals surface area contributed by atoms with Crippen LogP contribution >= 0.6 is 28.3 Å². The molecule has 15 heavy (non-hydrogen) atoms. The van der Waals surface area contributed by atoms with Gasteiger partial charge in [-0.2, -0.15) is 0 Å². The molecule has 4 heteroatoms. The van der Waals surface area contributed by atoms with Crippen LogP contribution in [-0.4, -0.2) is 16.4 Å². The van der Waals surface area contributed by atoms with Crippen LogP contribution in [0.1, 0.15) is 57.8 Å². The highest BCUT2D eigenvalue weighted by Crippen LogP contribution is 2.10. The fourth-order valence-electron chi connectivity index (χ4n) is 1.43. The van der Waals surface area contributed by atoms with Crippen LogP contribution in [0.3, 0.4) is 0 Å². The van der Waals surface area contributed by atoms with E-state index in [2.05, 4.69) is 15.9 Å². The summed E-state index contributed by atoms with van der Waals surface area (Å²) in [5.41, 5.74) is 0. The smallest absolute Gasteiger partial charge is 0.303 e. The Balaban J connectivity index is 0. The number of alkyl halides is 1. The molecule has 0 fully saturated rings. The third-order valence-corrected chi connectivity index (χ3v) is 2.84. The van der Waals surface area contributed by atoms with Crippen LogP contribution in [0.2, 0.25) is 0 Å². The molecule has 0 heterocycles. The topological polar surface area (TPSA) is 37.3 Å². The lowest BCUT2D eigenvalue weighted by atomic mass is 10.1. The standard InChI is InChI=1S/C11H21BrO2.ClH/c12-10-8-6-4-2-1-3-5-7-9-11(13)14;/h1-10H2,(H,13,14);1H. The van der Waals surface area contributed by atoms with Gasteiger partial charge in [0.1, 0.15) is 0 Å². The summed E-state index contributed by atoms with van der Waals surface area (Å²) in [5, 5.41) is 9.53. The SMILES string of the molecule is Cl.O=C(O)CCCCCCCCCCBr. The third kappa shape index (κ3) is 16.9. The summed E-state index contributed by atoms with van der Waals surface area (Å²) < 4.78 is 0. The molecule has 0 unspecified atom stereocenters. The van der Waals surface area contributed by atoms with Crippen molar-refractivity contribution in [3.63, 3.8) is 0 Å². The Kier molecular flexibility index (Phi) is 16.7. The summed E-state index contributed by atoms with van der Waals surface area (Å²) in [6.07, 6.45) is 9.94. The zero-order chi connectivity index (χ0) is 10.6. The summed E-state index contributed by atoms with van der Waals surface area (Å²) >= 11 is 3.41. The van der Waals surface area contributed by atoms with Crippen LogP contribution in [0.25, 0.3) is 0 Å². The Hall–Kier alpha value is 0.240. The number of hydrogen-bond acceptors (Lipinski definition) is 1. The van der Waals surface area contributed by atoms with E-state index in [0.29, 0.717) is 6.42 Å². The zero-order valence-electron chi connectivity index (χ0n) is 9.21. The molecule has 1 N–H and O–H groups in total. The van der Waals surface area contributed by atoms with Gasteiger partial charge in [0.15, 0.2) is 0 Å². The van der Waals surface area contributed by atoms with Gasteiger partial charge < -0.3 is 5.11 Å². The van der Waals surface area contributed by atoms with E-state index in [0.717, 1.165) is 18.2 Å². The number of hydrogen-bond donors (Lipinski definition) is 1. The molecular weight excluding hydrogens is 279 g/mol. The molecule has 0 saturated heterocycles. The van der Waals surface area contributed by atoms with E-state index in [1.54, 1.807) is 0 Å². The van der Waals surface area contributed by atoms with Crippen molar-refractivity contribution in [1.29, 1.82) is 0 Å². The molecular formula is C11H22BrClO2. The lowest BCUT2D eigenvalue weighted by Crippen LogP contribution is -1.93. The average Bonchev–Trinajstić information content (AvgIpc) is 2.15. The number of rotatable bonds is 10. The van der Waals surface area contributed by atoms with E-state index < -0.39 is 5.97 Å². The van der Waals surface area contributed by atoms with Crippen LogP contribution in [0.4, 0.5) is 0 Å². The Morgan fingerprint density at radius 2 is 1.27 bits per heavy atom. The molecule has 0 aromatic carbocycles. The second kappa shape index (κ2) is 14.2. The lowest BCUT2D eigenvalue weighted by molar-refractivity contribution is -0.137. The Morgan fingerprint density at radius 3 is 1.67 bits per heavy atom. The van der Waals surface area contributed by atoms with E-state index in [1.165, 1.54) is 38.5 Å². The van der Waals surface area contributed by atoms with Gasteiger partial charge >= 0.3 is 5.97 Å². The first-order chi connectivity index (χ1) is 6.77. The number of unbranched alkanes of at least 4 members (excludes halogenated alkanes) is 7. The molecule has 0 saturated carbocycles. The molecule has 0 rings (SSSR count). The summed E-state index contributed by atoms with van der Waals surface area (Å²) in [7, 11) is 0. The highest BCUT2D eigenvalue weighted by atomic mass is 79.9. The highest BCUT2D eigenvalue weighted by Gasteiger charge is 1.96. The Labute approximate surface area is 107 Å². The van der Waals surface area contributed by atoms with Crippen LogP contribution in [0, 0.1) is 0 Å². The molecule has 0 bridgehead atoms. The molecule has 0 aromatic heterocycles. The minimum Gasteiger partial charge on any atom is -0.481 e. The highest BCUT2D eigenvalue weighted by molar-refractivity contribution is 9.09. The van der Waals surface area contributed by atoms with Crippen molar-refractivity contribution >= 4 is 34.3 Å². The second-order valence-electron chi connectivity index (χ2n) is 3.66. The number of aliphatic carboxylic acids is 1. The summed E-state index contributed by atoms with van der Waals surface area (Å²) in [6.45, 7) is 0. The van der Waals surface area contributed by atoms with E-state index >= 15 is 0 Å². The van der Waals surface area contributed by atoms with Crippen molar-refractivity contribution < 1.29 is 9.90 Å². The second-order valence-corrected chi connectivity index (χ2v) is 4.45. The molecule has 0 aliphatic heterocycles. The first-order valence-electron chi connectivity index (χ1n) is 5.55. The fourth-order valence-corrected chi connectivity index (χ4v) is 1.83. The molecule has 2 nitrogen and oxygen atoms in total. The van der Waals surface area contributed by atoms with Crippen molar-refractivity contribution in [3.8, 4) is 0 Å². The monoisotopic (exact) mass is 300 g/mol. The lowest BCUT2D eigenvalue weighted by Gasteiger charge is -2.00. The van der Waals surface area contributed by atoms with Gasteiger partial charge in [-0.3, -0.25) is 4.79 Å². The Morgan fingerprint density at radius 1 is 0.867 bits per heavy atom. The molecule has 0 aromatic rings. The molecule has 0 amide bonds. The molecule has 92 valence electrons. The van der Waals surface area contributed by atoms with E-state index in [4.69, 9.17) is 5.11 Å². The van der Waals surface area contributed by atoms with Gasteiger partial charge in [-0.25, -0.2) is 0 Å². The normalized spacial score (nSPS) is 9.67. The maximum atomic E-state index is 10.2. The van der Waals surface area contributed by atoms with Crippen LogP contribution in [0.15, 0.2) is 0 Å². The van der Waals surface area contributed by atoms with Crippen molar-refractivity contribution in [3.05, 3.63) is 0 Å². The first kappa shape index (κ1) is 17.6. The quantitative estimate of drug-likeness (QED) is 0.480. The van der Waals surface area contributed by atoms with E-state index in [1.807, 2.05) is 0 Å². The first-order valence-corrected chi connectivity index (χ1v) is 6.67. The molecule has 0 radical (unpaired) electrons. The maximum absolute atomic E-state index is 10.2. The van der Waals surface area contributed by atoms with Crippen molar-refractivity contribution in [2.24, 2.45) is 0 Å². The van der Waals surface area contributed by atoms with Gasteiger partial charge in [-0.1, -0.05) is 54.5 Å². The summed E-state index contributed by atoms with van der Waals surface area (Å²) in [6, 6.07) is 0. The van der Waals surface area contributed by atoms with E-state index in [9.17, 15) is 4.79 Å². The molecule has 0 atom stereocenters. The predicted molar refractivity (Wildman–Crippen MR) is 70.2 cm³/mol. The summed E-state index contributed by atoms with van der Waals surface area (Å²) in [5.74, 6) is -0.665. The third-order valence-electron chi connectivity index (χ3n) is 2.27. The number of carbonyl (C=O) groups is 1. The van der Waals surface area contributed by atoms with E-state index in [-0.39, 0.29) is 12.4 Å². The van der Waals surface area contributed by atoms with Gasteiger partial charge in [0.05, 0.1) is 0 Å². The number of halogens is 2. The van der Waals surface area contributed by atoms with Gasteiger partial charge in [-0.15, -0.1) is 12.4 Å². The molecule has 0 aliphatic carbocycles. The Bertz CT molecular complexity index is 143. The van der Waals surface area contributed by atoms with Crippen molar-refractivity contribution in [2.45, 2.75) is 57.8 Å². The fraction of sp³-hybridized carbons (Fsp3) is 0.909. The largest absolute Gasteiger partial charge is 0.481 e. The van der Waals surface area contributed by atoms with Gasteiger partial charge in [0.25, 0.3) is 0 Å². The van der Waals surface area contributed by atoms with Gasteiger partial charge in [0, 0.05) is 11.8 Å². The molecule has 0 aliphatic rings. The van der Waals surface area contributed by atoms with Gasteiger partial charge in [-0.05, 0) is 12.8 Å². The zero-order valence-corrected chi connectivity index (χ0v) is 11.6. The van der Waals surface area contributed by atoms with Gasteiger partial charge in [0.2, 0.25) is 0 Å². The maximum Gasteiger partial charge on any atom is 0.303 e. The minimum absolute atomic E-state index is 0. The predicted octanol–water partition coefficient (Wildman–Crippen LogP) is 4.40. The minimum atomic E-state index is -0.665. The number of carboxylic acid groups (broad SMARTS) is 1. The van der Waals surface area contributed by atoms with Crippen LogP contribution in [0.5, 0.6) is 0 Å². The van der Waals surface area contributed by atoms with Crippen molar-refractivity contribution in [1.82, 2.24) is 0 Å². The van der Waals surface area contributed by atoms with Crippen LogP contribution in [-0.2, 0) is 4.79 Å². The van der Waals surface area contributed by atoms with Crippen molar-refractivity contribution in [2.75, 3.05) is 5.33 Å². The van der Waals surface area contributed by atoms with Crippen LogP contribution < -0.4 is 0 Å². The molecule has 0 spiro atoms.